The lowest BCUT2D eigenvalue weighted by molar-refractivity contribution is -0.142. The summed E-state index contributed by atoms with van der Waals surface area (Å²) in [6.45, 7) is 4.33. The van der Waals surface area contributed by atoms with Crippen LogP contribution in [-0.4, -0.2) is 42.3 Å². The minimum Gasteiger partial charge on any atom is -0.481 e. The van der Waals surface area contributed by atoms with Crippen molar-refractivity contribution in [3.05, 3.63) is 0 Å². The number of rotatable bonds is 5. The van der Waals surface area contributed by atoms with Crippen molar-refractivity contribution in [2.75, 3.05) is 13.2 Å². The van der Waals surface area contributed by atoms with Crippen LogP contribution in [0.4, 0.5) is 0 Å². The maximum atomic E-state index is 11.7. The molecular weight excluding hydrogens is 224 g/mol. The second kappa shape index (κ2) is 5.97. The zero-order valence-electron chi connectivity index (χ0n) is 10.2. The first-order valence-corrected chi connectivity index (χ1v) is 5.78. The third-order valence-electron chi connectivity index (χ3n) is 2.79. The summed E-state index contributed by atoms with van der Waals surface area (Å²) in [5.41, 5.74) is 5.72. The number of nitrogens with two attached hydrogens (primary N) is 1. The van der Waals surface area contributed by atoms with Gasteiger partial charge in [0.2, 0.25) is 5.91 Å². The van der Waals surface area contributed by atoms with E-state index in [1.807, 2.05) is 13.8 Å². The Morgan fingerprint density at radius 3 is 2.65 bits per heavy atom. The molecule has 1 fully saturated rings. The van der Waals surface area contributed by atoms with E-state index < -0.39 is 24.0 Å². The standard InChI is InChI=1S/C11H20N2O4/c1-6(2)3-8(12)10(14)13-9-5-17-4-7(9)11(15)16/h6-9H,3-5,12H2,1-2H3,(H,13,14)(H,15,16). The maximum absolute atomic E-state index is 11.7. The summed E-state index contributed by atoms with van der Waals surface area (Å²) in [4.78, 5) is 22.6. The molecule has 3 atom stereocenters. The van der Waals surface area contributed by atoms with Crippen molar-refractivity contribution in [2.45, 2.75) is 32.4 Å². The van der Waals surface area contributed by atoms with Crippen LogP contribution in [0.5, 0.6) is 0 Å². The first-order valence-electron chi connectivity index (χ1n) is 5.78. The lowest BCUT2D eigenvalue weighted by Crippen LogP contribution is -2.49. The Hall–Kier alpha value is -1.14. The minimum atomic E-state index is -0.953. The first-order chi connectivity index (χ1) is 7.91. The molecule has 6 heteroatoms. The van der Waals surface area contributed by atoms with E-state index in [2.05, 4.69) is 5.32 Å². The number of hydrogen-bond donors (Lipinski definition) is 3. The molecule has 4 N–H and O–H groups in total. The minimum absolute atomic E-state index is 0.139. The van der Waals surface area contributed by atoms with E-state index >= 15 is 0 Å². The summed E-state index contributed by atoms with van der Waals surface area (Å²) in [5, 5.41) is 11.6. The Morgan fingerprint density at radius 1 is 1.47 bits per heavy atom. The van der Waals surface area contributed by atoms with Gasteiger partial charge in [-0.1, -0.05) is 13.8 Å². The number of hydrogen-bond acceptors (Lipinski definition) is 4. The molecule has 0 aliphatic carbocycles. The smallest absolute Gasteiger partial charge is 0.311 e. The molecule has 1 saturated heterocycles. The molecular formula is C11H20N2O4. The molecule has 0 aromatic carbocycles. The van der Waals surface area contributed by atoms with Crippen molar-refractivity contribution in [1.82, 2.24) is 5.32 Å². The summed E-state index contributed by atoms with van der Waals surface area (Å²) >= 11 is 0. The predicted octanol–water partition coefficient (Wildman–Crippen LogP) is -0.424. The SMILES string of the molecule is CC(C)CC(N)C(=O)NC1COCC1C(=O)O. The molecule has 0 bridgehead atoms. The second-order valence-electron chi connectivity index (χ2n) is 4.83. The monoisotopic (exact) mass is 244 g/mol. The van der Waals surface area contributed by atoms with Crippen molar-refractivity contribution in [3.8, 4) is 0 Å². The zero-order valence-corrected chi connectivity index (χ0v) is 10.2. The summed E-state index contributed by atoms with van der Waals surface area (Å²) in [6.07, 6.45) is 0.581. The fourth-order valence-corrected chi connectivity index (χ4v) is 1.84. The summed E-state index contributed by atoms with van der Waals surface area (Å²) < 4.78 is 5.06. The van der Waals surface area contributed by atoms with Gasteiger partial charge in [0.1, 0.15) is 5.92 Å². The highest BCUT2D eigenvalue weighted by Gasteiger charge is 2.35. The third kappa shape index (κ3) is 3.98. The Balaban J connectivity index is 2.47. The van der Waals surface area contributed by atoms with E-state index in [0.29, 0.717) is 12.3 Å². The molecule has 6 nitrogen and oxygen atoms in total. The number of amides is 1. The molecule has 1 amide bonds. The molecule has 17 heavy (non-hydrogen) atoms. The lowest BCUT2D eigenvalue weighted by atomic mass is 10.0. The average Bonchev–Trinajstić information content (AvgIpc) is 2.64. The maximum Gasteiger partial charge on any atom is 0.311 e. The molecule has 0 radical (unpaired) electrons. The molecule has 3 unspecified atom stereocenters. The van der Waals surface area contributed by atoms with Crippen molar-refractivity contribution in [2.24, 2.45) is 17.6 Å². The normalized spacial score (nSPS) is 25.9. The average molecular weight is 244 g/mol. The third-order valence-corrected chi connectivity index (χ3v) is 2.79. The van der Waals surface area contributed by atoms with Crippen molar-refractivity contribution in [3.63, 3.8) is 0 Å². The van der Waals surface area contributed by atoms with Crippen LogP contribution in [0.2, 0.25) is 0 Å². The van der Waals surface area contributed by atoms with Crippen LogP contribution in [-0.2, 0) is 14.3 Å². The molecule has 1 heterocycles. The first kappa shape index (κ1) is 13.9. The topological polar surface area (TPSA) is 102 Å². The van der Waals surface area contributed by atoms with Gasteiger partial charge in [0.25, 0.3) is 0 Å². The van der Waals surface area contributed by atoms with Gasteiger partial charge in [0, 0.05) is 0 Å². The Bertz CT molecular complexity index is 293. The fourth-order valence-electron chi connectivity index (χ4n) is 1.84. The molecule has 0 saturated carbocycles. The van der Waals surface area contributed by atoms with E-state index in [1.165, 1.54) is 0 Å². The number of nitrogens with one attached hydrogen (secondary N) is 1. The molecule has 98 valence electrons. The molecule has 1 aliphatic rings. The highest BCUT2D eigenvalue weighted by atomic mass is 16.5. The number of carbonyl (C=O) groups is 2. The van der Waals surface area contributed by atoms with Gasteiger partial charge >= 0.3 is 5.97 Å². The van der Waals surface area contributed by atoms with E-state index in [9.17, 15) is 9.59 Å². The van der Waals surface area contributed by atoms with E-state index in [4.69, 9.17) is 15.6 Å². The van der Waals surface area contributed by atoms with E-state index in [-0.39, 0.29) is 19.1 Å². The van der Waals surface area contributed by atoms with Crippen LogP contribution in [0, 0.1) is 11.8 Å². The van der Waals surface area contributed by atoms with Crippen LogP contribution >= 0.6 is 0 Å². The number of carbonyl (C=O) groups excluding carboxylic acids is 1. The Labute approximate surface area is 101 Å². The highest BCUT2D eigenvalue weighted by Crippen LogP contribution is 2.14. The van der Waals surface area contributed by atoms with Gasteiger partial charge in [0.05, 0.1) is 25.3 Å². The van der Waals surface area contributed by atoms with Crippen LogP contribution in [0.25, 0.3) is 0 Å². The van der Waals surface area contributed by atoms with Crippen molar-refractivity contribution < 1.29 is 19.4 Å². The van der Waals surface area contributed by atoms with Gasteiger partial charge in [-0.05, 0) is 12.3 Å². The van der Waals surface area contributed by atoms with Gasteiger partial charge in [-0.25, -0.2) is 0 Å². The van der Waals surface area contributed by atoms with Gasteiger partial charge in [0.15, 0.2) is 0 Å². The predicted molar refractivity (Wildman–Crippen MR) is 61.3 cm³/mol. The van der Waals surface area contributed by atoms with Crippen LogP contribution < -0.4 is 11.1 Å². The van der Waals surface area contributed by atoms with E-state index in [0.717, 1.165) is 0 Å². The lowest BCUT2D eigenvalue weighted by Gasteiger charge is -2.19. The summed E-state index contributed by atoms with van der Waals surface area (Å²) in [7, 11) is 0. The summed E-state index contributed by atoms with van der Waals surface area (Å²) in [6, 6.07) is -1.07. The largest absolute Gasteiger partial charge is 0.481 e. The fraction of sp³-hybridized carbons (Fsp3) is 0.818. The van der Waals surface area contributed by atoms with Gasteiger partial charge in [-0.2, -0.15) is 0 Å². The Kier molecular flexibility index (Phi) is 4.89. The quantitative estimate of drug-likeness (QED) is 0.609. The van der Waals surface area contributed by atoms with Crippen molar-refractivity contribution in [1.29, 1.82) is 0 Å². The molecule has 0 aromatic heterocycles. The zero-order chi connectivity index (χ0) is 13.0. The number of carboxylic acid groups (broad SMARTS) is 1. The van der Waals surface area contributed by atoms with Gasteiger partial charge < -0.3 is 20.9 Å². The van der Waals surface area contributed by atoms with Crippen LogP contribution in [0.1, 0.15) is 20.3 Å². The molecule has 1 rings (SSSR count). The summed E-state index contributed by atoms with van der Waals surface area (Å²) in [5.74, 6) is -1.61. The highest BCUT2D eigenvalue weighted by molar-refractivity contribution is 5.82. The Morgan fingerprint density at radius 2 is 2.12 bits per heavy atom. The van der Waals surface area contributed by atoms with Gasteiger partial charge in [-0.15, -0.1) is 0 Å². The molecule has 0 aromatic rings. The second-order valence-corrected chi connectivity index (χ2v) is 4.83. The molecule has 0 spiro atoms. The van der Waals surface area contributed by atoms with E-state index in [1.54, 1.807) is 0 Å². The number of ether oxygens (including phenoxy) is 1. The van der Waals surface area contributed by atoms with Crippen molar-refractivity contribution >= 4 is 11.9 Å². The van der Waals surface area contributed by atoms with Crippen LogP contribution in [0.3, 0.4) is 0 Å². The number of carboxylic acids is 1. The van der Waals surface area contributed by atoms with Gasteiger partial charge in [-0.3, -0.25) is 9.59 Å². The number of aliphatic carboxylic acids is 1. The van der Waals surface area contributed by atoms with Crippen LogP contribution in [0.15, 0.2) is 0 Å². The molecule has 1 aliphatic heterocycles.